The van der Waals surface area contributed by atoms with Crippen molar-refractivity contribution in [3.8, 4) is 5.69 Å². The van der Waals surface area contributed by atoms with Crippen molar-refractivity contribution in [3.63, 3.8) is 0 Å². The van der Waals surface area contributed by atoms with Gasteiger partial charge in [0.1, 0.15) is 0 Å². The summed E-state index contributed by atoms with van der Waals surface area (Å²) in [5.41, 5.74) is 1.62. The first-order valence-corrected chi connectivity index (χ1v) is 7.77. The fourth-order valence-corrected chi connectivity index (χ4v) is 2.64. The normalized spacial score (nSPS) is 11.9. The van der Waals surface area contributed by atoms with Gasteiger partial charge in [-0.1, -0.05) is 28.8 Å². The fraction of sp³-hybridized carbons (Fsp3) is 0.125. The Hall–Kier alpha value is -3.13. The second-order valence-electron chi connectivity index (χ2n) is 5.37. The number of nitrogens with zero attached hydrogens (tertiary/aromatic N) is 3. The average molecular weight is 360 g/mol. The van der Waals surface area contributed by atoms with E-state index in [1.54, 1.807) is 0 Å². The summed E-state index contributed by atoms with van der Waals surface area (Å²) >= 11 is 5.84. The van der Waals surface area contributed by atoms with Gasteiger partial charge in [-0.2, -0.15) is 0 Å². The third-order valence-corrected chi connectivity index (χ3v) is 4.07. The molecular formula is C16H14ClN5O3. The van der Waals surface area contributed by atoms with E-state index in [1.165, 1.54) is 0 Å². The molecule has 0 aliphatic rings. The molecule has 0 saturated carbocycles. The van der Waals surface area contributed by atoms with Crippen molar-refractivity contribution >= 4 is 23.3 Å². The van der Waals surface area contributed by atoms with E-state index in [0.29, 0.717) is 0 Å². The molecular weight excluding hydrogens is 346 g/mol. The molecule has 0 aliphatic heterocycles. The number of nitro groups is 1. The van der Waals surface area contributed by atoms with Gasteiger partial charge >= 0.3 is 5.82 Å². The van der Waals surface area contributed by atoms with Gasteiger partial charge in [-0.05, 0) is 41.7 Å². The molecule has 1 amide bonds. The highest BCUT2D eigenvalue weighted by Crippen LogP contribution is 2.25. The van der Waals surface area contributed by atoms with Gasteiger partial charge in [-0.15, -0.1) is 5.10 Å². The molecule has 2 aromatic heterocycles. The number of aromatic nitrogens is 3. The zero-order valence-corrected chi connectivity index (χ0v) is 13.9. The van der Waals surface area contributed by atoms with Gasteiger partial charge in [-0.25, -0.2) is 0 Å². The Morgan fingerprint density at radius 3 is 2.72 bits per heavy atom. The van der Waals surface area contributed by atoms with Crippen molar-refractivity contribution in [3.05, 3.63) is 75.2 Å². The molecule has 0 aliphatic carbocycles. The lowest BCUT2D eigenvalue weighted by Gasteiger charge is -2.15. The van der Waals surface area contributed by atoms with Crippen molar-refractivity contribution in [2.24, 2.45) is 0 Å². The van der Waals surface area contributed by atoms with E-state index in [9.17, 15) is 14.9 Å². The van der Waals surface area contributed by atoms with Crippen LogP contribution in [0.25, 0.3) is 5.69 Å². The van der Waals surface area contributed by atoms with Crippen LogP contribution in [-0.4, -0.2) is 25.6 Å². The molecule has 0 fully saturated rings. The Bertz CT molecular complexity index is 920. The molecule has 9 heteroatoms. The highest BCUT2D eigenvalue weighted by atomic mass is 35.5. The minimum atomic E-state index is -0.726. The largest absolute Gasteiger partial charge is 0.362 e. The van der Waals surface area contributed by atoms with Crippen molar-refractivity contribution < 1.29 is 9.72 Å². The molecule has 0 bridgehead atoms. The Morgan fingerprint density at radius 1 is 1.36 bits per heavy atom. The van der Waals surface area contributed by atoms with Crippen molar-refractivity contribution in [1.82, 2.24) is 20.1 Å². The predicted molar refractivity (Wildman–Crippen MR) is 91.9 cm³/mol. The van der Waals surface area contributed by atoms with Gasteiger partial charge in [0, 0.05) is 18.1 Å². The Labute approximate surface area is 147 Å². The number of benzene rings is 1. The Balaban J connectivity index is 1.78. The topological polar surface area (TPSA) is 106 Å². The van der Waals surface area contributed by atoms with E-state index in [2.05, 4.69) is 15.5 Å². The van der Waals surface area contributed by atoms with Gasteiger partial charge in [0.2, 0.25) is 0 Å². The minimum absolute atomic E-state index is 0.207. The molecule has 3 rings (SSSR count). The maximum atomic E-state index is 12.3. The summed E-state index contributed by atoms with van der Waals surface area (Å²) in [6.45, 7) is 1.81. The van der Waals surface area contributed by atoms with Gasteiger partial charge in [0.25, 0.3) is 5.91 Å². The molecule has 3 aromatic rings. The molecule has 2 heterocycles. The summed E-state index contributed by atoms with van der Waals surface area (Å²) in [5, 5.41) is 19.0. The van der Waals surface area contributed by atoms with Crippen LogP contribution in [0.15, 0.2) is 48.8 Å². The van der Waals surface area contributed by atoms with Crippen molar-refractivity contribution in [2.45, 2.75) is 13.0 Å². The van der Waals surface area contributed by atoms with Gasteiger partial charge in [-0.3, -0.25) is 4.79 Å². The summed E-state index contributed by atoms with van der Waals surface area (Å²) < 4.78 is 1.95. The first-order valence-electron chi connectivity index (χ1n) is 7.40. The van der Waals surface area contributed by atoms with Crippen LogP contribution in [0.5, 0.6) is 0 Å². The lowest BCUT2D eigenvalue weighted by molar-refractivity contribution is -0.389. The second-order valence-corrected chi connectivity index (χ2v) is 5.75. The van der Waals surface area contributed by atoms with Crippen LogP contribution < -0.4 is 5.32 Å². The van der Waals surface area contributed by atoms with Crippen LogP contribution in [0.1, 0.15) is 29.0 Å². The summed E-state index contributed by atoms with van der Waals surface area (Å²) in [5.74, 6) is -1.10. The zero-order chi connectivity index (χ0) is 18.0. The maximum Gasteiger partial charge on any atom is 0.362 e. The SMILES string of the molecule is CC(NC(=O)c1n[nH]c([N+](=O)[O-])c1Cl)c1cccc(-n2cccc2)c1. The molecule has 8 nitrogen and oxygen atoms in total. The molecule has 0 spiro atoms. The first kappa shape index (κ1) is 16.7. The fourth-order valence-electron chi connectivity index (χ4n) is 2.40. The molecule has 128 valence electrons. The first-order chi connectivity index (χ1) is 12.0. The number of carbonyl (C=O) groups excluding carboxylic acids is 1. The van der Waals surface area contributed by atoms with Crippen LogP contribution in [0, 0.1) is 10.1 Å². The molecule has 0 saturated heterocycles. The summed E-state index contributed by atoms with van der Waals surface area (Å²) in [7, 11) is 0. The van der Waals surface area contributed by atoms with E-state index in [4.69, 9.17) is 11.6 Å². The van der Waals surface area contributed by atoms with Crippen LogP contribution in [0.4, 0.5) is 5.82 Å². The van der Waals surface area contributed by atoms with Gasteiger partial charge in [0.05, 0.1) is 6.04 Å². The maximum absolute atomic E-state index is 12.3. The summed E-state index contributed by atoms with van der Waals surface area (Å²) in [6, 6.07) is 11.2. The minimum Gasteiger partial charge on any atom is -0.358 e. The van der Waals surface area contributed by atoms with Crippen LogP contribution in [-0.2, 0) is 0 Å². The number of nitrogens with one attached hydrogen (secondary N) is 2. The number of hydrogen-bond acceptors (Lipinski definition) is 4. The number of halogens is 1. The summed E-state index contributed by atoms with van der Waals surface area (Å²) in [4.78, 5) is 22.3. The number of H-pyrrole nitrogens is 1. The van der Waals surface area contributed by atoms with E-state index < -0.39 is 16.6 Å². The van der Waals surface area contributed by atoms with Crippen LogP contribution in [0.3, 0.4) is 0 Å². The third-order valence-electron chi connectivity index (χ3n) is 3.71. The van der Waals surface area contributed by atoms with Crippen molar-refractivity contribution in [1.29, 1.82) is 0 Å². The molecule has 1 unspecified atom stereocenters. The lowest BCUT2D eigenvalue weighted by Crippen LogP contribution is -2.27. The number of amides is 1. The number of rotatable bonds is 5. The number of carbonyl (C=O) groups is 1. The van der Waals surface area contributed by atoms with Gasteiger partial charge in [0.15, 0.2) is 10.7 Å². The second kappa shape index (κ2) is 6.78. The molecule has 0 radical (unpaired) electrons. The quantitative estimate of drug-likeness (QED) is 0.538. The third kappa shape index (κ3) is 3.38. The predicted octanol–water partition coefficient (Wildman–Crippen LogP) is 3.25. The number of hydrogen-bond donors (Lipinski definition) is 2. The van der Waals surface area contributed by atoms with Crippen LogP contribution in [0.2, 0.25) is 5.02 Å². The molecule has 1 atom stereocenters. The molecule has 1 aromatic carbocycles. The van der Waals surface area contributed by atoms with E-state index in [-0.39, 0.29) is 16.8 Å². The average Bonchev–Trinajstić information content (AvgIpc) is 3.24. The smallest absolute Gasteiger partial charge is 0.358 e. The van der Waals surface area contributed by atoms with Crippen LogP contribution >= 0.6 is 11.6 Å². The Kier molecular flexibility index (Phi) is 4.53. The molecule has 25 heavy (non-hydrogen) atoms. The van der Waals surface area contributed by atoms with E-state index in [1.807, 2.05) is 60.3 Å². The van der Waals surface area contributed by atoms with E-state index in [0.717, 1.165) is 11.3 Å². The van der Waals surface area contributed by atoms with Crippen molar-refractivity contribution in [2.75, 3.05) is 0 Å². The highest BCUT2D eigenvalue weighted by Gasteiger charge is 2.26. The number of aromatic amines is 1. The van der Waals surface area contributed by atoms with Gasteiger partial charge < -0.3 is 20.0 Å². The standard InChI is InChI=1S/C16H14ClN5O3/c1-10(11-5-4-6-12(9-11)21-7-2-3-8-21)18-16(23)14-13(17)15(20-19-14)22(24)25/h2-10H,1H3,(H,18,23)(H,19,20). The summed E-state index contributed by atoms with van der Waals surface area (Å²) in [6.07, 6.45) is 3.84. The monoisotopic (exact) mass is 359 g/mol. The molecule has 2 N–H and O–H groups in total. The zero-order valence-electron chi connectivity index (χ0n) is 13.1. The Morgan fingerprint density at radius 2 is 2.08 bits per heavy atom. The highest BCUT2D eigenvalue weighted by molar-refractivity contribution is 6.35. The lowest BCUT2D eigenvalue weighted by atomic mass is 10.1. The van der Waals surface area contributed by atoms with E-state index >= 15 is 0 Å².